The Morgan fingerprint density at radius 3 is 2.60 bits per heavy atom. The Morgan fingerprint density at radius 1 is 1.24 bits per heavy atom. The van der Waals surface area contributed by atoms with Crippen LogP contribution in [0.3, 0.4) is 0 Å². The number of benzene rings is 1. The van der Waals surface area contributed by atoms with Crippen molar-refractivity contribution >= 4 is 11.9 Å². The van der Waals surface area contributed by atoms with E-state index in [-0.39, 0.29) is 18.1 Å². The van der Waals surface area contributed by atoms with Crippen LogP contribution in [0.2, 0.25) is 0 Å². The predicted octanol–water partition coefficient (Wildman–Crippen LogP) is 1.99. The zero-order chi connectivity index (χ0) is 18.3. The number of ether oxygens (including phenoxy) is 1. The molecule has 2 rings (SSSR count). The molecule has 2 aromatic rings. The van der Waals surface area contributed by atoms with E-state index >= 15 is 0 Å². The molecule has 0 saturated heterocycles. The van der Waals surface area contributed by atoms with Crippen LogP contribution >= 0.6 is 0 Å². The van der Waals surface area contributed by atoms with Gasteiger partial charge in [-0.15, -0.1) is 0 Å². The van der Waals surface area contributed by atoms with Crippen LogP contribution in [0, 0.1) is 0 Å². The molecule has 8 nitrogen and oxygen atoms in total. The Labute approximate surface area is 147 Å². The quantitative estimate of drug-likeness (QED) is 0.759. The second kappa shape index (κ2) is 8.46. The Kier molecular flexibility index (Phi) is 6.32. The van der Waals surface area contributed by atoms with Gasteiger partial charge in [-0.1, -0.05) is 24.2 Å². The number of aromatic nitrogens is 4. The van der Waals surface area contributed by atoms with Crippen molar-refractivity contribution in [3.63, 3.8) is 0 Å². The number of carbonyl (C=O) groups excluding carboxylic acids is 1. The average molecular weight is 346 g/mol. The van der Waals surface area contributed by atoms with Gasteiger partial charge >= 0.3 is 0 Å². The number of amides is 1. The molecule has 0 aliphatic rings. The number of nitrogens with one attached hydrogen (secondary N) is 2. The molecule has 1 aromatic heterocycles. The second-order valence-corrected chi connectivity index (χ2v) is 6.81. The van der Waals surface area contributed by atoms with Gasteiger partial charge in [0.2, 0.25) is 5.95 Å². The normalized spacial score (nSPS) is 11.2. The molecular weight excluding hydrogens is 320 g/mol. The molecule has 1 aromatic carbocycles. The molecule has 1 heterocycles. The fourth-order valence-electron chi connectivity index (χ4n) is 2.18. The van der Waals surface area contributed by atoms with Crippen molar-refractivity contribution in [1.82, 2.24) is 25.5 Å². The summed E-state index contributed by atoms with van der Waals surface area (Å²) in [4.78, 5) is 11.8. The van der Waals surface area contributed by atoms with E-state index < -0.39 is 0 Å². The largest absolute Gasteiger partial charge is 0.484 e. The molecule has 0 bridgehead atoms. The fraction of sp³-hybridized carbons (Fsp3) is 0.529. The van der Waals surface area contributed by atoms with Gasteiger partial charge in [0.1, 0.15) is 5.75 Å². The van der Waals surface area contributed by atoms with Crippen LogP contribution in [0.15, 0.2) is 24.3 Å². The van der Waals surface area contributed by atoms with E-state index in [1.807, 2.05) is 45.0 Å². The summed E-state index contributed by atoms with van der Waals surface area (Å²) in [5, 5.41) is 17.6. The van der Waals surface area contributed by atoms with E-state index in [2.05, 4.69) is 33.1 Å². The lowest BCUT2D eigenvalue weighted by Crippen LogP contribution is -2.43. The number of rotatable bonds is 8. The first-order valence-corrected chi connectivity index (χ1v) is 8.40. The Morgan fingerprint density at radius 2 is 1.96 bits per heavy atom. The Hall–Kier alpha value is -2.64. The van der Waals surface area contributed by atoms with Gasteiger partial charge in [0.05, 0.1) is 0 Å². The number of nitrogens with zero attached hydrogens (tertiary/aromatic N) is 4. The SMILES string of the molecule is CCCn1nnnc1NCc1ccc(OCC(=O)NC(C)(C)C)cc1. The first-order chi connectivity index (χ1) is 11.9. The molecule has 0 radical (unpaired) electrons. The second-order valence-electron chi connectivity index (χ2n) is 6.81. The molecular formula is C17H26N6O2. The van der Waals surface area contributed by atoms with Gasteiger partial charge in [-0.05, 0) is 55.3 Å². The van der Waals surface area contributed by atoms with Gasteiger partial charge in [-0.25, -0.2) is 4.68 Å². The number of hydrogen-bond acceptors (Lipinski definition) is 6. The number of aryl methyl sites for hydroxylation is 1. The van der Waals surface area contributed by atoms with Gasteiger partial charge in [-0.2, -0.15) is 0 Å². The number of carbonyl (C=O) groups is 1. The van der Waals surface area contributed by atoms with Crippen LogP contribution in [0.1, 0.15) is 39.7 Å². The number of anilines is 1. The summed E-state index contributed by atoms with van der Waals surface area (Å²) in [7, 11) is 0. The Balaban J connectivity index is 1.81. The van der Waals surface area contributed by atoms with Gasteiger partial charge in [0.15, 0.2) is 6.61 Å². The van der Waals surface area contributed by atoms with Crippen molar-refractivity contribution in [2.45, 2.75) is 52.7 Å². The summed E-state index contributed by atoms with van der Waals surface area (Å²) in [6, 6.07) is 7.57. The monoisotopic (exact) mass is 346 g/mol. The van der Waals surface area contributed by atoms with Gasteiger partial charge in [0, 0.05) is 18.6 Å². The number of hydrogen-bond donors (Lipinski definition) is 2. The summed E-state index contributed by atoms with van der Waals surface area (Å²) < 4.78 is 7.24. The third-order valence-corrected chi connectivity index (χ3v) is 3.23. The third-order valence-electron chi connectivity index (χ3n) is 3.23. The lowest BCUT2D eigenvalue weighted by atomic mass is 10.1. The molecule has 0 aliphatic carbocycles. The molecule has 0 unspecified atom stereocenters. The lowest BCUT2D eigenvalue weighted by molar-refractivity contribution is -0.124. The van der Waals surface area contributed by atoms with Gasteiger partial charge in [0.25, 0.3) is 5.91 Å². The average Bonchev–Trinajstić information content (AvgIpc) is 2.98. The first kappa shape index (κ1) is 18.7. The van der Waals surface area contributed by atoms with E-state index in [4.69, 9.17) is 4.74 Å². The van der Waals surface area contributed by atoms with Crippen molar-refractivity contribution in [2.24, 2.45) is 0 Å². The third kappa shape index (κ3) is 6.40. The smallest absolute Gasteiger partial charge is 0.258 e. The summed E-state index contributed by atoms with van der Waals surface area (Å²) in [5.41, 5.74) is 0.806. The standard InChI is InChI=1S/C17H26N6O2/c1-5-10-23-16(20-21-22-23)18-11-13-6-8-14(9-7-13)25-12-15(24)19-17(2,3)4/h6-9H,5,10-12H2,1-4H3,(H,19,24)(H,18,20,22). The highest BCUT2D eigenvalue weighted by Crippen LogP contribution is 2.13. The topological polar surface area (TPSA) is 94.0 Å². The van der Waals surface area contributed by atoms with Gasteiger partial charge in [-0.3, -0.25) is 4.79 Å². The maximum atomic E-state index is 11.8. The summed E-state index contributed by atoms with van der Waals surface area (Å²) in [6.45, 7) is 9.26. The minimum absolute atomic E-state index is 0.000653. The molecule has 25 heavy (non-hydrogen) atoms. The minimum Gasteiger partial charge on any atom is -0.484 e. The van der Waals surface area contributed by atoms with E-state index in [1.165, 1.54) is 0 Å². The molecule has 0 aliphatic heterocycles. The maximum Gasteiger partial charge on any atom is 0.258 e. The molecule has 0 spiro atoms. The highest BCUT2D eigenvalue weighted by molar-refractivity contribution is 5.78. The van der Waals surface area contributed by atoms with Crippen molar-refractivity contribution in [3.05, 3.63) is 29.8 Å². The molecule has 0 atom stereocenters. The minimum atomic E-state index is -0.261. The molecule has 1 amide bonds. The van der Waals surface area contributed by atoms with E-state index in [0.717, 1.165) is 18.5 Å². The van der Waals surface area contributed by atoms with Crippen molar-refractivity contribution in [2.75, 3.05) is 11.9 Å². The molecule has 136 valence electrons. The fourth-order valence-corrected chi connectivity index (χ4v) is 2.18. The van der Waals surface area contributed by atoms with E-state index in [1.54, 1.807) is 4.68 Å². The highest BCUT2D eigenvalue weighted by Gasteiger charge is 2.13. The van der Waals surface area contributed by atoms with Crippen molar-refractivity contribution in [3.8, 4) is 5.75 Å². The maximum absolute atomic E-state index is 11.8. The molecule has 0 fully saturated rings. The zero-order valence-corrected chi connectivity index (χ0v) is 15.2. The summed E-state index contributed by atoms with van der Waals surface area (Å²) in [6.07, 6.45) is 0.967. The first-order valence-electron chi connectivity index (χ1n) is 8.40. The Bertz CT molecular complexity index is 675. The van der Waals surface area contributed by atoms with Crippen LogP contribution in [0.4, 0.5) is 5.95 Å². The van der Waals surface area contributed by atoms with E-state index in [9.17, 15) is 4.79 Å². The molecule has 0 saturated carbocycles. The van der Waals surface area contributed by atoms with Crippen LogP contribution in [0.5, 0.6) is 5.75 Å². The summed E-state index contributed by atoms with van der Waals surface area (Å²) in [5.74, 6) is 1.17. The van der Waals surface area contributed by atoms with Crippen LogP contribution in [0.25, 0.3) is 0 Å². The predicted molar refractivity (Wildman–Crippen MR) is 95.3 cm³/mol. The van der Waals surface area contributed by atoms with E-state index in [0.29, 0.717) is 18.2 Å². The van der Waals surface area contributed by atoms with Gasteiger partial charge < -0.3 is 15.4 Å². The highest BCUT2D eigenvalue weighted by atomic mass is 16.5. The van der Waals surface area contributed by atoms with Crippen LogP contribution in [-0.4, -0.2) is 38.3 Å². The molecule has 8 heteroatoms. The number of tetrazole rings is 1. The van der Waals surface area contributed by atoms with Crippen LogP contribution in [-0.2, 0) is 17.9 Å². The molecule has 2 N–H and O–H groups in total. The summed E-state index contributed by atoms with van der Waals surface area (Å²) >= 11 is 0. The zero-order valence-electron chi connectivity index (χ0n) is 15.2. The lowest BCUT2D eigenvalue weighted by Gasteiger charge is -2.20. The van der Waals surface area contributed by atoms with Crippen molar-refractivity contribution in [1.29, 1.82) is 0 Å². The van der Waals surface area contributed by atoms with Crippen molar-refractivity contribution < 1.29 is 9.53 Å². The van der Waals surface area contributed by atoms with Crippen LogP contribution < -0.4 is 15.4 Å².